The van der Waals surface area contributed by atoms with Gasteiger partial charge in [-0.25, -0.2) is 9.18 Å². The Morgan fingerprint density at radius 1 is 1.12 bits per heavy atom. The van der Waals surface area contributed by atoms with E-state index < -0.39 is 0 Å². The van der Waals surface area contributed by atoms with Gasteiger partial charge >= 0.3 is 6.03 Å². The van der Waals surface area contributed by atoms with Crippen molar-refractivity contribution >= 4 is 17.8 Å². The number of carbonyl (C=O) groups is 1. The lowest BCUT2D eigenvalue weighted by molar-refractivity contribution is -0.0156. The van der Waals surface area contributed by atoms with Gasteiger partial charge in [-0.1, -0.05) is 18.2 Å². The number of hydrogen-bond donors (Lipinski definition) is 1. The molecule has 1 N–H and O–H groups in total. The van der Waals surface area contributed by atoms with E-state index >= 15 is 0 Å². The third-order valence-electron chi connectivity index (χ3n) is 6.73. The Kier molecular flexibility index (Phi) is 3.77. The van der Waals surface area contributed by atoms with Crippen LogP contribution in [0.5, 0.6) is 0 Å². The van der Waals surface area contributed by atoms with E-state index in [1.807, 2.05) is 17.0 Å². The molecule has 3 nitrogen and oxygen atoms in total. The molecule has 1 heterocycles. The number of hydrogen-bond acceptors (Lipinski definition) is 2. The van der Waals surface area contributed by atoms with E-state index in [1.54, 1.807) is 17.8 Å². The van der Waals surface area contributed by atoms with Crippen molar-refractivity contribution in [1.82, 2.24) is 10.2 Å². The molecule has 6 rings (SSSR count). The van der Waals surface area contributed by atoms with E-state index in [0.29, 0.717) is 12.1 Å². The van der Waals surface area contributed by atoms with E-state index in [9.17, 15) is 9.18 Å². The molecule has 4 bridgehead atoms. The zero-order valence-electron chi connectivity index (χ0n) is 14.4. The first-order valence-electron chi connectivity index (χ1n) is 9.57. The molecule has 134 valence electrons. The van der Waals surface area contributed by atoms with Gasteiger partial charge in [0.15, 0.2) is 0 Å². The maximum atomic E-state index is 14.2. The molecule has 5 aliphatic rings. The number of thioether (sulfide) groups is 1. The van der Waals surface area contributed by atoms with Crippen molar-refractivity contribution in [3.05, 3.63) is 35.6 Å². The second-order valence-corrected chi connectivity index (χ2v) is 9.75. The Bertz CT molecular complexity index is 659. The van der Waals surface area contributed by atoms with Crippen LogP contribution < -0.4 is 5.32 Å². The Morgan fingerprint density at radius 3 is 2.40 bits per heavy atom. The highest BCUT2D eigenvalue weighted by molar-refractivity contribution is 7.99. The molecular weight excluding hydrogens is 335 g/mol. The van der Waals surface area contributed by atoms with Crippen LogP contribution in [-0.4, -0.2) is 28.8 Å². The molecule has 1 atom stereocenters. The number of nitrogens with one attached hydrogen (secondary N) is 1. The SMILES string of the molecule is O=C(NC12CC3CC(CC(C3)C1)C2)N1CCS[C@H]1c1ccccc1F. The standard InChI is InChI=1S/C20H25FN2OS/c21-17-4-2-1-3-16(17)18-23(5-6-25-18)19(24)22-20-10-13-7-14(11-20)9-15(8-13)12-20/h1-4,13-15,18H,5-12H2,(H,22,24)/t13?,14?,15?,18-,20?/m0/s1. The molecule has 1 aromatic rings. The zero-order valence-corrected chi connectivity index (χ0v) is 15.2. The summed E-state index contributed by atoms with van der Waals surface area (Å²) in [5.41, 5.74) is 0.643. The van der Waals surface area contributed by atoms with Gasteiger partial charge in [0.25, 0.3) is 0 Å². The molecule has 0 unspecified atom stereocenters. The molecule has 1 aromatic carbocycles. The summed E-state index contributed by atoms with van der Waals surface area (Å²) in [7, 11) is 0. The van der Waals surface area contributed by atoms with E-state index in [-0.39, 0.29) is 22.8 Å². The lowest BCUT2D eigenvalue weighted by atomic mass is 9.53. The minimum atomic E-state index is -0.213. The van der Waals surface area contributed by atoms with Crippen molar-refractivity contribution in [2.24, 2.45) is 17.8 Å². The Morgan fingerprint density at radius 2 is 1.76 bits per heavy atom. The zero-order chi connectivity index (χ0) is 17.0. The average Bonchev–Trinajstić information content (AvgIpc) is 3.03. The van der Waals surface area contributed by atoms with Gasteiger partial charge in [-0.15, -0.1) is 11.8 Å². The van der Waals surface area contributed by atoms with Crippen LogP contribution in [0.1, 0.15) is 49.5 Å². The van der Waals surface area contributed by atoms with Gasteiger partial charge in [0.1, 0.15) is 11.2 Å². The summed E-state index contributed by atoms with van der Waals surface area (Å²) in [5.74, 6) is 3.08. The third-order valence-corrected chi connectivity index (χ3v) is 7.98. The molecule has 0 radical (unpaired) electrons. The topological polar surface area (TPSA) is 32.3 Å². The van der Waals surface area contributed by atoms with Crippen molar-refractivity contribution in [2.45, 2.75) is 49.4 Å². The highest BCUT2D eigenvalue weighted by atomic mass is 32.2. The van der Waals surface area contributed by atoms with Gasteiger partial charge < -0.3 is 10.2 Å². The summed E-state index contributed by atoms with van der Waals surface area (Å²) in [4.78, 5) is 15.0. The lowest BCUT2D eigenvalue weighted by Crippen LogP contribution is -2.61. The number of nitrogens with zero attached hydrogens (tertiary/aromatic N) is 1. The summed E-state index contributed by atoms with van der Waals surface area (Å²) in [5, 5.41) is 3.24. The van der Waals surface area contributed by atoms with Gasteiger partial charge in [0, 0.05) is 23.4 Å². The molecule has 0 spiro atoms. The van der Waals surface area contributed by atoms with E-state index in [1.165, 1.54) is 25.3 Å². The quantitative estimate of drug-likeness (QED) is 0.839. The van der Waals surface area contributed by atoms with Crippen LogP contribution in [0, 0.1) is 23.6 Å². The number of carbonyl (C=O) groups excluding carboxylic acids is 1. The van der Waals surface area contributed by atoms with Crippen molar-refractivity contribution < 1.29 is 9.18 Å². The van der Waals surface area contributed by atoms with Gasteiger partial charge in [-0.2, -0.15) is 0 Å². The third kappa shape index (κ3) is 2.75. The molecule has 1 saturated heterocycles. The van der Waals surface area contributed by atoms with Gasteiger partial charge in [-0.3, -0.25) is 0 Å². The molecule has 5 heteroatoms. The largest absolute Gasteiger partial charge is 0.332 e. The molecular formula is C20H25FN2OS. The fourth-order valence-corrected chi connectivity index (χ4v) is 7.45. The summed E-state index contributed by atoms with van der Waals surface area (Å²) >= 11 is 1.66. The first-order valence-corrected chi connectivity index (χ1v) is 10.6. The number of urea groups is 1. The van der Waals surface area contributed by atoms with Gasteiger partial charge in [-0.05, 0) is 62.3 Å². The highest BCUT2D eigenvalue weighted by Crippen LogP contribution is 2.55. The Hall–Kier alpha value is -1.23. The lowest BCUT2D eigenvalue weighted by Gasteiger charge is -2.57. The summed E-state index contributed by atoms with van der Waals surface area (Å²) in [6, 6.07) is 6.87. The monoisotopic (exact) mass is 360 g/mol. The van der Waals surface area contributed by atoms with Crippen LogP contribution in [0.3, 0.4) is 0 Å². The van der Waals surface area contributed by atoms with E-state index in [0.717, 1.165) is 42.8 Å². The fourth-order valence-electron chi connectivity index (χ4n) is 6.17. The number of amides is 2. The van der Waals surface area contributed by atoms with E-state index in [2.05, 4.69) is 5.32 Å². The second-order valence-electron chi connectivity index (χ2n) is 8.57. The summed E-state index contributed by atoms with van der Waals surface area (Å²) in [6.45, 7) is 0.696. The minimum absolute atomic E-state index is 0.0128. The summed E-state index contributed by atoms with van der Waals surface area (Å²) < 4.78 is 14.2. The number of rotatable bonds is 2. The highest BCUT2D eigenvalue weighted by Gasteiger charge is 2.52. The van der Waals surface area contributed by atoms with Crippen molar-refractivity contribution in [3.63, 3.8) is 0 Å². The van der Waals surface area contributed by atoms with Gasteiger partial charge in [0.2, 0.25) is 0 Å². The maximum Gasteiger partial charge on any atom is 0.319 e. The Balaban J connectivity index is 1.35. The molecule has 5 fully saturated rings. The molecule has 4 saturated carbocycles. The van der Waals surface area contributed by atoms with Crippen LogP contribution in [-0.2, 0) is 0 Å². The van der Waals surface area contributed by atoms with Crippen molar-refractivity contribution in [1.29, 1.82) is 0 Å². The first-order chi connectivity index (χ1) is 12.1. The van der Waals surface area contributed by atoms with Crippen molar-refractivity contribution in [2.75, 3.05) is 12.3 Å². The predicted octanol–water partition coefficient (Wildman–Crippen LogP) is 4.55. The number of halogens is 1. The molecule has 1 aliphatic heterocycles. The minimum Gasteiger partial charge on any atom is -0.332 e. The van der Waals surface area contributed by atoms with Crippen molar-refractivity contribution in [3.8, 4) is 0 Å². The van der Waals surface area contributed by atoms with Crippen LogP contribution in [0.25, 0.3) is 0 Å². The first kappa shape index (κ1) is 16.0. The average molecular weight is 360 g/mol. The number of benzene rings is 1. The van der Waals surface area contributed by atoms with Crippen LogP contribution >= 0.6 is 11.8 Å². The molecule has 0 aromatic heterocycles. The van der Waals surface area contributed by atoms with Gasteiger partial charge in [0.05, 0.1) is 0 Å². The maximum absolute atomic E-state index is 14.2. The van der Waals surface area contributed by atoms with Crippen LogP contribution in [0.4, 0.5) is 9.18 Å². The summed E-state index contributed by atoms with van der Waals surface area (Å²) in [6.07, 6.45) is 7.55. The normalized spacial score (nSPS) is 39.0. The molecule has 4 aliphatic carbocycles. The molecule has 2 amide bonds. The second kappa shape index (κ2) is 5.90. The smallest absolute Gasteiger partial charge is 0.319 e. The van der Waals surface area contributed by atoms with Crippen LogP contribution in [0.15, 0.2) is 24.3 Å². The molecule has 25 heavy (non-hydrogen) atoms. The Labute approximate surface area is 152 Å². The van der Waals surface area contributed by atoms with E-state index in [4.69, 9.17) is 0 Å². The fraction of sp³-hybridized carbons (Fsp3) is 0.650. The predicted molar refractivity (Wildman–Crippen MR) is 97.7 cm³/mol. The van der Waals surface area contributed by atoms with Crippen LogP contribution in [0.2, 0.25) is 0 Å².